The van der Waals surface area contributed by atoms with Crippen LogP contribution >= 0.6 is 0 Å². The fourth-order valence-corrected chi connectivity index (χ4v) is 3.54. The highest BCUT2D eigenvalue weighted by atomic mass is 16.5. The van der Waals surface area contributed by atoms with Crippen LogP contribution in [-0.2, 0) is 11.2 Å². The summed E-state index contributed by atoms with van der Waals surface area (Å²) in [5, 5.41) is 23.2. The number of fused-ring (bicyclic) bond motifs is 1. The van der Waals surface area contributed by atoms with Crippen LogP contribution in [0.25, 0.3) is 0 Å². The minimum atomic E-state index is -0.728. The standard InChI is InChI=1S/C17H25BN2O5/c21-17(8-14-9-19-5-6-23-14)20-10-15(11-20)24-13-2-1-12-3-4-18(22)25-16(12)7-13/h1-2,7,14-15,17,19,21-22H,3-6,8-11H2. The molecular formula is C17H25BN2O5. The largest absolute Gasteiger partial charge is 0.536 e. The molecule has 25 heavy (non-hydrogen) atoms. The molecule has 0 bridgehead atoms. The minimum Gasteiger partial charge on any atom is -0.536 e. The summed E-state index contributed by atoms with van der Waals surface area (Å²) < 4.78 is 17.1. The molecule has 0 aliphatic carbocycles. The third-order valence-electron chi connectivity index (χ3n) is 5.04. The zero-order valence-corrected chi connectivity index (χ0v) is 14.3. The van der Waals surface area contributed by atoms with Gasteiger partial charge in [-0.05, 0) is 24.4 Å². The zero-order valence-electron chi connectivity index (χ0n) is 14.3. The van der Waals surface area contributed by atoms with E-state index in [0.717, 1.165) is 30.8 Å². The Morgan fingerprint density at radius 1 is 1.40 bits per heavy atom. The SMILES string of the molecule is OB1CCc2ccc(OC3CN(C(O)CC4CNCCO4)C3)cc2O1. The fourth-order valence-electron chi connectivity index (χ4n) is 3.54. The number of ether oxygens (including phenoxy) is 2. The number of aliphatic hydroxyl groups is 1. The van der Waals surface area contributed by atoms with Gasteiger partial charge >= 0.3 is 7.12 Å². The fraction of sp³-hybridized carbons (Fsp3) is 0.647. The Balaban J connectivity index is 1.25. The number of nitrogens with zero attached hydrogens (tertiary/aromatic N) is 1. The first kappa shape index (κ1) is 17.1. The molecule has 3 heterocycles. The van der Waals surface area contributed by atoms with E-state index in [1.54, 1.807) is 0 Å². The van der Waals surface area contributed by atoms with Crippen LogP contribution in [0, 0.1) is 0 Å². The van der Waals surface area contributed by atoms with Gasteiger partial charge in [-0.1, -0.05) is 6.07 Å². The highest BCUT2D eigenvalue weighted by Gasteiger charge is 2.34. The number of morpholine rings is 1. The summed E-state index contributed by atoms with van der Waals surface area (Å²) in [5.74, 6) is 1.45. The molecule has 136 valence electrons. The average molecular weight is 348 g/mol. The first-order valence-corrected chi connectivity index (χ1v) is 9.06. The van der Waals surface area contributed by atoms with E-state index in [0.29, 0.717) is 38.2 Å². The van der Waals surface area contributed by atoms with Crippen molar-refractivity contribution in [2.24, 2.45) is 0 Å². The van der Waals surface area contributed by atoms with Gasteiger partial charge in [-0.3, -0.25) is 4.90 Å². The molecule has 3 aliphatic rings. The lowest BCUT2D eigenvalue weighted by atomic mass is 9.79. The van der Waals surface area contributed by atoms with Gasteiger partial charge in [-0.2, -0.15) is 0 Å². The first-order chi connectivity index (χ1) is 12.2. The number of likely N-dealkylation sites (tertiary alicyclic amines) is 1. The van der Waals surface area contributed by atoms with Gasteiger partial charge in [0.15, 0.2) is 0 Å². The van der Waals surface area contributed by atoms with Gasteiger partial charge in [0, 0.05) is 38.7 Å². The van der Waals surface area contributed by atoms with E-state index >= 15 is 0 Å². The molecule has 0 amide bonds. The molecule has 0 saturated carbocycles. The smallest absolute Gasteiger partial charge is 0.522 e. The van der Waals surface area contributed by atoms with E-state index in [-0.39, 0.29) is 12.2 Å². The van der Waals surface area contributed by atoms with Crippen LogP contribution in [-0.4, -0.2) is 73.4 Å². The molecule has 1 aromatic carbocycles. The Morgan fingerprint density at radius 2 is 2.28 bits per heavy atom. The number of hydrogen-bond acceptors (Lipinski definition) is 7. The van der Waals surface area contributed by atoms with Crippen LogP contribution in [0.2, 0.25) is 6.32 Å². The van der Waals surface area contributed by atoms with Crippen LogP contribution in [0.5, 0.6) is 11.5 Å². The van der Waals surface area contributed by atoms with Crippen molar-refractivity contribution in [2.75, 3.05) is 32.8 Å². The molecule has 2 unspecified atom stereocenters. The average Bonchev–Trinajstić information content (AvgIpc) is 2.58. The number of aliphatic hydroxyl groups excluding tert-OH is 1. The summed E-state index contributed by atoms with van der Waals surface area (Å²) in [7, 11) is -0.728. The van der Waals surface area contributed by atoms with Crippen LogP contribution < -0.4 is 14.7 Å². The molecule has 2 saturated heterocycles. The van der Waals surface area contributed by atoms with Crippen molar-refractivity contribution < 1.29 is 24.3 Å². The molecule has 1 aromatic rings. The normalized spacial score (nSPS) is 25.7. The number of nitrogens with one attached hydrogen (secondary N) is 1. The summed E-state index contributed by atoms with van der Waals surface area (Å²) in [4.78, 5) is 2.00. The maximum atomic E-state index is 10.3. The van der Waals surface area contributed by atoms with Crippen molar-refractivity contribution in [3.8, 4) is 11.5 Å². The topological polar surface area (TPSA) is 83.4 Å². The highest BCUT2D eigenvalue weighted by molar-refractivity contribution is 6.44. The van der Waals surface area contributed by atoms with E-state index in [1.165, 1.54) is 0 Å². The predicted molar refractivity (Wildman–Crippen MR) is 92.8 cm³/mol. The lowest BCUT2D eigenvalue weighted by Crippen LogP contribution is -2.58. The van der Waals surface area contributed by atoms with Crippen LogP contribution in [0.4, 0.5) is 0 Å². The van der Waals surface area contributed by atoms with Crippen LogP contribution in [0.15, 0.2) is 18.2 Å². The van der Waals surface area contributed by atoms with E-state index < -0.39 is 13.3 Å². The summed E-state index contributed by atoms with van der Waals surface area (Å²) in [6, 6.07) is 5.79. The number of hydrogen-bond donors (Lipinski definition) is 3. The molecular weight excluding hydrogens is 323 g/mol. The zero-order chi connectivity index (χ0) is 17.2. The Hall–Kier alpha value is -1.32. The number of rotatable bonds is 5. The Labute approximate surface area is 148 Å². The Kier molecular flexibility index (Phi) is 5.14. The maximum absolute atomic E-state index is 10.3. The molecule has 0 aromatic heterocycles. The molecule has 2 fully saturated rings. The Morgan fingerprint density at radius 3 is 3.08 bits per heavy atom. The summed E-state index contributed by atoms with van der Waals surface area (Å²) in [5.41, 5.74) is 1.10. The third-order valence-corrected chi connectivity index (χ3v) is 5.04. The molecule has 3 aliphatic heterocycles. The van der Waals surface area contributed by atoms with E-state index in [2.05, 4.69) is 5.32 Å². The monoisotopic (exact) mass is 348 g/mol. The lowest BCUT2D eigenvalue weighted by Gasteiger charge is -2.42. The van der Waals surface area contributed by atoms with Crippen LogP contribution in [0.3, 0.4) is 0 Å². The predicted octanol–water partition coefficient (Wildman–Crippen LogP) is -0.138. The van der Waals surface area contributed by atoms with Crippen molar-refractivity contribution in [3.05, 3.63) is 23.8 Å². The molecule has 4 rings (SSSR count). The highest BCUT2D eigenvalue weighted by Crippen LogP contribution is 2.31. The second-order valence-electron chi connectivity index (χ2n) is 6.99. The summed E-state index contributed by atoms with van der Waals surface area (Å²) >= 11 is 0. The van der Waals surface area contributed by atoms with Crippen molar-refractivity contribution in [3.63, 3.8) is 0 Å². The second kappa shape index (κ2) is 7.51. The van der Waals surface area contributed by atoms with Gasteiger partial charge in [0.2, 0.25) is 0 Å². The molecule has 2 atom stereocenters. The first-order valence-electron chi connectivity index (χ1n) is 9.06. The van der Waals surface area contributed by atoms with E-state index in [9.17, 15) is 10.1 Å². The molecule has 3 N–H and O–H groups in total. The summed E-state index contributed by atoms with van der Waals surface area (Å²) in [6.07, 6.45) is 1.71. The number of aryl methyl sites for hydroxylation is 1. The third kappa shape index (κ3) is 4.10. The van der Waals surface area contributed by atoms with Crippen molar-refractivity contribution in [2.45, 2.75) is 37.6 Å². The van der Waals surface area contributed by atoms with Gasteiger partial charge in [-0.15, -0.1) is 0 Å². The van der Waals surface area contributed by atoms with Gasteiger partial charge < -0.3 is 29.6 Å². The van der Waals surface area contributed by atoms with E-state index in [1.807, 2.05) is 23.1 Å². The van der Waals surface area contributed by atoms with Gasteiger partial charge in [0.05, 0.1) is 12.7 Å². The van der Waals surface area contributed by atoms with Crippen molar-refractivity contribution in [1.29, 1.82) is 0 Å². The summed E-state index contributed by atoms with van der Waals surface area (Å²) in [6.45, 7) is 3.78. The number of benzene rings is 1. The van der Waals surface area contributed by atoms with Gasteiger partial charge in [0.25, 0.3) is 0 Å². The van der Waals surface area contributed by atoms with Crippen LogP contribution in [0.1, 0.15) is 12.0 Å². The second-order valence-corrected chi connectivity index (χ2v) is 6.99. The lowest BCUT2D eigenvalue weighted by molar-refractivity contribution is -0.114. The molecule has 0 spiro atoms. The van der Waals surface area contributed by atoms with Gasteiger partial charge in [-0.25, -0.2) is 0 Å². The van der Waals surface area contributed by atoms with E-state index in [4.69, 9.17) is 14.1 Å². The van der Waals surface area contributed by atoms with Crippen molar-refractivity contribution in [1.82, 2.24) is 10.2 Å². The maximum Gasteiger partial charge on any atom is 0.522 e. The molecule has 0 radical (unpaired) electrons. The van der Waals surface area contributed by atoms with Gasteiger partial charge in [0.1, 0.15) is 23.8 Å². The van der Waals surface area contributed by atoms with Crippen molar-refractivity contribution >= 4 is 7.12 Å². The Bertz CT molecular complexity index is 592. The quantitative estimate of drug-likeness (QED) is 0.639. The molecule has 8 heteroatoms. The molecule has 7 nitrogen and oxygen atoms in total. The minimum absolute atomic E-state index is 0.0617.